The van der Waals surface area contributed by atoms with Crippen molar-refractivity contribution in [1.82, 2.24) is 5.32 Å². The molecule has 126 valence electrons. The lowest BCUT2D eigenvalue weighted by molar-refractivity contribution is -0.130. The molecule has 1 aliphatic rings. The molecule has 1 atom stereocenters. The maximum absolute atomic E-state index is 6.59. The Hall–Kier alpha value is -0.0800. The first-order valence-electron chi connectivity index (χ1n) is 8.97. The fourth-order valence-corrected chi connectivity index (χ4v) is 3.27. The Kier molecular flexibility index (Phi) is 6.74. The molecular weight excluding hydrogens is 258 g/mol. The van der Waals surface area contributed by atoms with E-state index in [4.69, 9.17) is 4.74 Å². The van der Waals surface area contributed by atoms with Crippen molar-refractivity contribution in [2.75, 3.05) is 6.54 Å². The maximum Gasteiger partial charge on any atom is 0.0810 e. The van der Waals surface area contributed by atoms with Crippen molar-refractivity contribution in [3.8, 4) is 0 Å². The van der Waals surface area contributed by atoms with Gasteiger partial charge in [-0.3, -0.25) is 0 Å². The highest BCUT2D eigenvalue weighted by atomic mass is 16.5. The lowest BCUT2D eigenvalue weighted by Gasteiger charge is -2.46. The van der Waals surface area contributed by atoms with Crippen LogP contribution in [0.3, 0.4) is 0 Å². The second-order valence-corrected chi connectivity index (χ2v) is 8.93. The molecule has 1 aliphatic carbocycles. The molecule has 1 unspecified atom stereocenters. The first-order chi connectivity index (χ1) is 9.56. The number of nitrogens with one attached hydrogen (secondary N) is 1. The van der Waals surface area contributed by atoms with Crippen molar-refractivity contribution >= 4 is 0 Å². The lowest BCUT2D eigenvalue weighted by atomic mass is 9.68. The minimum atomic E-state index is 0.0513. The standard InChI is InChI=1S/C19H39NO/c1-14(2)16(5)21-19(13-20-15(3)4)11-9-17(10-12-19)18(6,7)8/h14-17,20H,9-13H2,1-8H3. The lowest BCUT2D eigenvalue weighted by Crippen LogP contribution is -2.50. The Morgan fingerprint density at radius 3 is 1.95 bits per heavy atom. The molecule has 1 rings (SSSR count). The van der Waals surface area contributed by atoms with Gasteiger partial charge in [-0.2, -0.15) is 0 Å². The third kappa shape index (κ3) is 5.90. The predicted molar refractivity (Wildman–Crippen MR) is 92.7 cm³/mol. The second-order valence-electron chi connectivity index (χ2n) is 8.93. The van der Waals surface area contributed by atoms with Crippen molar-refractivity contribution in [1.29, 1.82) is 0 Å². The van der Waals surface area contributed by atoms with Crippen LogP contribution in [0.2, 0.25) is 0 Å². The fourth-order valence-electron chi connectivity index (χ4n) is 3.27. The van der Waals surface area contributed by atoms with E-state index in [9.17, 15) is 0 Å². The van der Waals surface area contributed by atoms with Crippen LogP contribution >= 0.6 is 0 Å². The number of hydrogen-bond donors (Lipinski definition) is 1. The van der Waals surface area contributed by atoms with Crippen LogP contribution < -0.4 is 5.32 Å². The summed E-state index contributed by atoms with van der Waals surface area (Å²) >= 11 is 0. The zero-order chi connectivity index (χ0) is 16.3. The molecule has 0 saturated heterocycles. The quantitative estimate of drug-likeness (QED) is 0.743. The van der Waals surface area contributed by atoms with Crippen LogP contribution in [0.5, 0.6) is 0 Å². The molecule has 0 bridgehead atoms. The Morgan fingerprint density at radius 2 is 1.57 bits per heavy atom. The summed E-state index contributed by atoms with van der Waals surface area (Å²) in [6.07, 6.45) is 5.34. The molecule has 0 radical (unpaired) electrons. The summed E-state index contributed by atoms with van der Waals surface area (Å²) in [5.74, 6) is 1.42. The van der Waals surface area contributed by atoms with E-state index in [1.54, 1.807) is 0 Å². The van der Waals surface area contributed by atoms with E-state index in [2.05, 4.69) is 60.7 Å². The summed E-state index contributed by atoms with van der Waals surface area (Å²) in [6.45, 7) is 19.3. The third-order valence-corrected chi connectivity index (χ3v) is 5.33. The molecule has 0 aromatic rings. The maximum atomic E-state index is 6.59. The smallest absolute Gasteiger partial charge is 0.0810 e. The van der Waals surface area contributed by atoms with Crippen LogP contribution in [-0.2, 0) is 4.74 Å². The van der Waals surface area contributed by atoms with Crippen molar-refractivity contribution in [3.63, 3.8) is 0 Å². The number of rotatable bonds is 6. The molecule has 0 spiro atoms. The molecule has 2 heteroatoms. The minimum Gasteiger partial charge on any atom is -0.370 e. The van der Waals surface area contributed by atoms with Gasteiger partial charge in [-0.1, -0.05) is 48.5 Å². The highest BCUT2D eigenvalue weighted by Gasteiger charge is 2.40. The molecular formula is C19H39NO. The van der Waals surface area contributed by atoms with Gasteiger partial charge in [0.2, 0.25) is 0 Å². The van der Waals surface area contributed by atoms with Crippen molar-refractivity contribution < 1.29 is 4.74 Å². The van der Waals surface area contributed by atoms with Crippen LogP contribution in [0, 0.1) is 17.3 Å². The molecule has 0 aromatic heterocycles. The van der Waals surface area contributed by atoms with E-state index in [0.29, 0.717) is 23.5 Å². The van der Waals surface area contributed by atoms with E-state index in [-0.39, 0.29) is 5.60 Å². The van der Waals surface area contributed by atoms with Gasteiger partial charge in [0, 0.05) is 12.6 Å². The Bertz CT molecular complexity index is 295. The van der Waals surface area contributed by atoms with Gasteiger partial charge in [-0.15, -0.1) is 0 Å². The van der Waals surface area contributed by atoms with Crippen LogP contribution in [-0.4, -0.2) is 24.3 Å². The highest BCUT2D eigenvalue weighted by Crippen LogP contribution is 2.43. The molecule has 21 heavy (non-hydrogen) atoms. The Morgan fingerprint density at radius 1 is 1.05 bits per heavy atom. The minimum absolute atomic E-state index is 0.0513. The fraction of sp³-hybridized carbons (Fsp3) is 1.00. The molecule has 0 aliphatic heterocycles. The summed E-state index contributed by atoms with van der Waals surface area (Å²) in [7, 11) is 0. The van der Waals surface area contributed by atoms with Gasteiger partial charge in [-0.05, 0) is 49.9 Å². The summed E-state index contributed by atoms with van der Waals surface area (Å²) in [6, 6.07) is 0.528. The highest BCUT2D eigenvalue weighted by molar-refractivity contribution is 4.93. The van der Waals surface area contributed by atoms with Gasteiger partial charge < -0.3 is 10.1 Å². The van der Waals surface area contributed by atoms with Crippen molar-refractivity contribution in [2.45, 2.75) is 98.8 Å². The van der Waals surface area contributed by atoms with Gasteiger partial charge in [-0.25, -0.2) is 0 Å². The molecule has 0 amide bonds. The average molecular weight is 298 g/mol. The summed E-state index contributed by atoms with van der Waals surface area (Å²) in [5.41, 5.74) is 0.483. The van der Waals surface area contributed by atoms with Crippen LogP contribution in [0.25, 0.3) is 0 Å². The number of hydrogen-bond acceptors (Lipinski definition) is 2. The summed E-state index contributed by atoms with van der Waals surface area (Å²) in [5, 5.41) is 3.63. The molecule has 2 nitrogen and oxygen atoms in total. The van der Waals surface area contributed by atoms with Crippen molar-refractivity contribution in [2.24, 2.45) is 17.3 Å². The monoisotopic (exact) mass is 297 g/mol. The largest absolute Gasteiger partial charge is 0.370 e. The zero-order valence-electron chi connectivity index (χ0n) is 15.8. The van der Waals surface area contributed by atoms with Gasteiger partial charge in [0.25, 0.3) is 0 Å². The van der Waals surface area contributed by atoms with Gasteiger partial charge in [0.05, 0.1) is 11.7 Å². The first-order valence-corrected chi connectivity index (χ1v) is 8.97. The molecule has 0 heterocycles. The molecule has 1 N–H and O–H groups in total. The van der Waals surface area contributed by atoms with E-state index >= 15 is 0 Å². The van der Waals surface area contributed by atoms with Crippen LogP contribution in [0.4, 0.5) is 0 Å². The second kappa shape index (κ2) is 7.46. The van der Waals surface area contributed by atoms with E-state index < -0.39 is 0 Å². The normalized spacial score (nSPS) is 29.1. The van der Waals surface area contributed by atoms with E-state index in [0.717, 1.165) is 12.5 Å². The molecule has 0 aromatic carbocycles. The first kappa shape index (κ1) is 19.0. The third-order valence-electron chi connectivity index (χ3n) is 5.33. The van der Waals surface area contributed by atoms with Gasteiger partial charge in [0.15, 0.2) is 0 Å². The average Bonchev–Trinajstić information content (AvgIpc) is 2.36. The summed E-state index contributed by atoms with van der Waals surface area (Å²) in [4.78, 5) is 0. The predicted octanol–water partition coefficient (Wildman–Crippen LogP) is 5.02. The van der Waals surface area contributed by atoms with Crippen LogP contribution in [0.15, 0.2) is 0 Å². The van der Waals surface area contributed by atoms with Crippen LogP contribution in [0.1, 0.15) is 81.1 Å². The molecule has 1 fully saturated rings. The van der Waals surface area contributed by atoms with E-state index in [1.165, 1.54) is 25.7 Å². The zero-order valence-corrected chi connectivity index (χ0v) is 15.8. The topological polar surface area (TPSA) is 21.3 Å². The van der Waals surface area contributed by atoms with E-state index in [1.807, 2.05) is 0 Å². The Labute approximate surface area is 133 Å². The summed E-state index contributed by atoms with van der Waals surface area (Å²) < 4.78 is 6.59. The van der Waals surface area contributed by atoms with Gasteiger partial charge >= 0.3 is 0 Å². The SMILES string of the molecule is CC(C)NCC1(OC(C)C(C)C)CCC(C(C)(C)C)CC1. The molecule has 1 saturated carbocycles. The van der Waals surface area contributed by atoms with Crippen molar-refractivity contribution in [3.05, 3.63) is 0 Å². The van der Waals surface area contributed by atoms with Gasteiger partial charge in [0.1, 0.15) is 0 Å². The number of ether oxygens (including phenoxy) is 1. The Balaban J connectivity index is 2.71.